The van der Waals surface area contributed by atoms with Crippen LogP contribution in [-0.2, 0) is 0 Å². The van der Waals surface area contributed by atoms with Gasteiger partial charge in [-0.05, 0) is 45.2 Å². The van der Waals surface area contributed by atoms with Gasteiger partial charge in [0.05, 0.1) is 12.1 Å². The Morgan fingerprint density at radius 1 is 0.846 bits per heavy atom. The summed E-state index contributed by atoms with van der Waals surface area (Å²) < 4.78 is 0. The van der Waals surface area contributed by atoms with Crippen molar-refractivity contribution in [3.8, 4) is 0 Å². The second-order valence-corrected chi connectivity index (χ2v) is 8.23. The van der Waals surface area contributed by atoms with E-state index >= 15 is 0 Å². The summed E-state index contributed by atoms with van der Waals surface area (Å²) in [7, 11) is 0. The Morgan fingerprint density at radius 2 is 1.38 bits per heavy atom. The first kappa shape index (κ1) is 23.7. The number of rotatable bonds is 15. The predicted molar refractivity (Wildman–Crippen MR) is 116 cm³/mol. The van der Waals surface area contributed by atoms with Crippen molar-refractivity contribution in [3.05, 3.63) is 11.6 Å². The van der Waals surface area contributed by atoms with Crippen molar-refractivity contribution in [2.75, 3.05) is 13.1 Å². The summed E-state index contributed by atoms with van der Waals surface area (Å²) >= 11 is 0. The number of allylic oxidation sites excluding steroid dienone is 1. The van der Waals surface area contributed by atoms with Crippen LogP contribution in [0.4, 0.5) is 0 Å². The van der Waals surface area contributed by atoms with Crippen LogP contribution in [0.2, 0.25) is 0 Å². The molecule has 0 aromatic carbocycles. The Labute approximate surface area is 164 Å². The molecule has 0 bridgehead atoms. The average Bonchev–Trinajstić information content (AvgIpc) is 2.65. The molecule has 2 atom stereocenters. The zero-order valence-corrected chi connectivity index (χ0v) is 18.1. The summed E-state index contributed by atoms with van der Waals surface area (Å²) in [6.07, 6.45) is 22.3. The molecule has 0 spiro atoms. The fourth-order valence-corrected chi connectivity index (χ4v) is 4.48. The molecule has 0 saturated heterocycles. The maximum Gasteiger partial charge on any atom is 0.0733 e. The zero-order valence-electron chi connectivity index (χ0n) is 18.1. The standard InChI is InChI=1S/C24H47NO/c1-4-7-8-9-10-11-12-13-14-15-16-17-19-22-20-18-21-23(26)24(22)25(5-2)6-3/h19,23-24,26H,4-18,20-21H2,1-3H3/b22-19-/t23-,24-/m0/s1. The molecule has 26 heavy (non-hydrogen) atoms. The van der Waals surface area contributed by atoms with Gasteiger partial charge in [0, 0.05) is 0 Å². The molecule has 0 amide bonds. The predicted octanol–water partition coefficient (Wildman–Crippen LogP) is 6.87. The van der Waals surface area contributed by atoms with Crippen LogP contribution in [0.15, 0.2) is 11.6 Å². The number of aliphatic hydroxyl groups is 1. The first-order valence-corrected chi connectivity index (χ1v) is 11.9. The van der Waals surface area contributed by atoms with Crippen LogP contribution >= 0.6 is 0 Å². The summed E-state index contributed by atoms with van der Waals surface area (Å²) in [4.78, 5) is 2.44. The van der Waals surface area contributed by atoms with E-state index in [2.05, 4.69) is 31.7 Å². The lowest BCUT2D eigenvalue weighted by Gasteiger charge is -2.38. The van der Waals surface area contributed by atoms with Crippen molar-refractivity contribution >= 4 is 0 Å². The number of nitrogens with zero attached hydrogens (tertiary/aromatic N) is 1. The van der Waals surface area contributed by atoms with Gasteiger partial charge in [-0.3, -0.25) is 4.90 Å². The van der Waals surface area contributed by atoms with Gasteiger partial charge < -0.3 is 5.11 Å². The molecule has 0 unspecified atom stereocenters. The summed E-state index contributed by atoms with van der Waals surface area (Å²) in [5.41, 5.74) is 1.51. The molecule has 0 aliphatic heterocycles. The molecule has 0 radical (unpaired) electrons. The topological polar surface area (TPSA) is 23.5 Å². The monoisotopic (exact) mass is 365 g/mol. The maximum absolute atomic E-state index is 10.5. The van der Waals surface area contributed by atoms with Gasteiger partial charge in [-0.2, -0.15) is 0 Å². The Morgan fingerprint density at radius 3 is 1.92 bits per heavy atom. The first-order valence-electron chi connectivity index (χ1n) is 11.9. The lowest BCUT2D eigenvalue weighted by atomic mass is 9.85. The zero-order chi connectivity index (χ0) is 19.0. The fourth-order valence-electron chi connectivity index (χ4n) is 4.48. The van der Waals surface area contributed by atoms with Crippen molar-refractivity contribution in [2.24, 2.45) is 0 Å². The van der Waals surface area contributed by atoms with Gasteiger partial charge in [0.25, 0.3) is 0 Å². The number of likely N-dealkylation sites (N-methyl/N-ethyl adjacent to an activating group) is 1. The van der Waals surface area contributed by atoms with Crippen LogP contribution in [0.5, 0.6) is 0 Å². The van der Waals surface area contributed by atoms with Crippen molar-refractivity contribution in [3.63, 3.8) is 0 Å². The summed E-state index contributed by atoms with van der Waals surface area (Å²) in [5, 5.41) is 10.5. The van der Waals surface area contributed by atoms with Crippen molar-refractivity contribution in [1.29, 1.82) is 0 Å². The highest BCUT2D eigenvalue weighted by molar-refractivity contribution is 5.16. The molecule has 0 heterocycles. The van der Waals surface area contributed by atoms with E-state index in [1.54, 1.807) is 0 Å². The third-order valence-corrected chi connectivity index (χ3v) is 6.13. The van der Waals surface area contributed by atoms with Crippen LogP contribution < -0.4 is 0 Å². The summed E-state index contributed by atoms with van der Waals surface area (Å²) in [6.45, 7) is 8.79. The molecule has 2 nitrogen and oxygen atoms in total. The lowest BCUT2D eigenvalue weighted by molar-refractivity contribution is 0.0518. The van der Waals surface area contributed by atoms with Crippen LogP contribution in [0.25, 0.3) is 0 Å². The summed E-state index contributed by atoms with van der Waals surface area (Å²) in [6, 6.07) is 0.284. The third-order valence-electron chi connectivity index (χ3n) is 6.13. The van der Waals surface area contributed by atoms with E-state index in [0.29, 0.717) is 0 Å². The summed E-state index contributed by atoms with van der Waals surface area (Å²) in [5.74, 6) is 0. The van der Waals surface area contributed by atoms with Crippen molar-refractivity contribution < 1.29 is 5.11 Å². The Bertz CT molecular complexity index is 348. The van der Waals surface area contributed by atoms with E-state index in [0.717, 1.165) is 25.9 Å². The van der Waals surface area contributed by atoms with Gasteiger partial charge in [0.2, 0.25) is 0 Å². The molecule has 0 aromatic rings. The van der Waals surface area contributed by atoms with E-state index < -0.39 is 0 Å². The molecule has 1 rings (SSSR count). The maximum atomic E-state index is 10.5. The normalized spacial score (nSPS) is 22.4. The molecule has 1 N–H and O–H groups in total. The molecule has 1 aliphatic rings. The highest BCUT2D eigenvalue weighted by atomic mass is 16.3. The number of aliphatic hydroxyl groups excluding tert-OH is 1. The van der Waals surface area contributed by atoms with Crippen molar-refractivity contribution in [2.45, 2.75) is 129 Å². The van der Waals surface area contributed by atoms with Gasteiger partial charge in [-0.25, -0.2) is 0 Å². The van der Waals surface area contributed by atoms with Gasteiger partial charge in [-0.15, -0.1) is 0 Å². The smallest absolute Gasteiger partial charge is 0.0733 e. The molecular formula is C24H47NO. The highest BCUT2D eigenvalue weighted by Gasteiger charge is 2.30. The Kier molecular flexibility index (Phi) is 14.3. The molecule has 1 aliphatic carbocycles. The molecule has 0 aromatic heterocycles. The number of hydrogen-bond donors (Lipinski definition) is 1. The van der Waals surface area contributed by atoms with Gasteiger partial charge >= 0.3 is 0 Å². The van der Waals surface area contributed by atoms with Crippen LogP contribution in [0.1, 0.15) is 117 Å². The molecule has 1 fully saturated rings. The second-order valence-electron chi connectivity index (χ2n) is 8.23. The lowest BCUT2D eigenvalue weighted by Crippen LogP contribution is -2.46. The minimum Gasteiger partial charge on any atom is -0.391 e. The first-order chi connectivity index (χ1) is 12.7. The second kappa shape index (κ2) is 15.7. The van der Waals surface area contributed by atoms with E-state index in [4.69, 9.17) is 0 Å². The highest BCUT2D eigenvalue weighted by Crippen LogP contribution is 2.29. The third kappa shape index (κ3) is 9.55. The van der Waals surface area contributed by atoms with Gasteiger partial charge in [0.15, 0.2) is 0 Å². The van der Waals surface area contributed by atoms with Crippen LogP contribution in [0.3, 0.4) is 0 Å². The molecule has 154 valence electrons. The molecule has 2 heteroatoms. The van der Waals surface area contributed by atoms with E-state index in [1.165, 1.54) is 89.0 Å². The number of unbranched alkanes of at least 4 members (excludes halogenated alkanes) is 11. The molecular weight excluding hydrogens is 318 g/mol. The van der Waals surface area contributed by atoms with E-state index in [-0.39, 0.29) is 12.1 Å². The SMILES string of the molecule is CCCCCCCCCCCCC/C=C1/CCC[C@H](O)[C@H]1N(CC)CC. The number of hydrogen-bond acceptors (Lipinski definition) is 2. The van der Waals surface area contributed by atoms with Crippen molar-refractivity contribution in [1.82, 2.24) is 4.90 Å². The van der Waals surface area contributed by atoms with Crippen LogP contribution in [-0.4, -0.2) is 35.2 Å². The van der Waals surface area contributed by atoms with Crippen LogP contribution in [0, 0.1) is 0 Å². The minimum absolute atomic E-state index is 0.160. The fraction of sp³-hybridized carbons (Fsp3) is 0.917. The largest absolute Gasteiger partial charge is 0.391 e. The molecule has 1 saturated carbocycles. The Hall–Kier alpha value is -0.340. The quantitative estimate of drug-likeness (QED) is 0.253. The van der Waals surface area contributed by atoms with Gasteiger partial charge in [-0.1, -0.05) is 96.6 Å². The minimum atomic E-state index is -0.160. The average molecular weight is 366 g/mol. The van der Waals surface area contributed by atoms with E-state index in [9.17, 15) is 5.11 Å². The van der Waals surface area contributed by atoms with E-state index in [1.807, 2.05) is 0 Å². The Balaban J connectivity index is 2.14. The van der Waals surface area contributed by atoms with Gasteiger partial charge in [0.1, 0.15) is 0 Å².